The van der Waals surface area contributed by atoms with Gasteiger partial charge in [-0.3, -0.25) is 9.67 Å². The molecule has 84 valence electrons. The Balaban J connectivity index is 2.55. The second kappa shape index (κ2) is 3.96. The maximum absolute atomic E-state index is 5.63. The smallest absolute Gasteiger partial charge is 0.0740 e. The van der Waals surface area contributed by atoms with Crippen LogP contribution in [0.1, 0.15) is 18.3 Å². The lowest BCUT2D eigenvalue weighted by Crippen LogP contribution is -1.98. The van der Waals surface area contributed by atoms with Crippen LogP contribution in [-0.4, -0.2) is 14.8 Å². The van der Waals surface area contributed by atoms with Crippen molar-refractivity contribution in [2.75, 3.05) is 5.73 Å². The fraction of sp³-hybridized carbons (Fsp3) is 0.333. The molecule has 0 fully saturated rings. The van der Waals surface area contributed by atoms with E-state index in [1.807, 2.05) is 23.7 Å². The highest BCUT2D eigenvalue weighted by molar-refractivity contribution is 5.65. The van der Waals surface area contributed by atoms with Crippen LogP contribution < -0.4 is 5.73 Å². The Bertz CT molecular complexity index is 496. The van der Waals surface area contributed by atoms with Gasteiger partial charge in [0.1, 0.15) is 0 Å². The summed E-state index contributed by atoms with van der Waals surface area (Å²) in [6, 6.07) is 3.80. The number of nitrogen functional groups attached to an aromatic ring is 1. The van der Waals surface area contributed by atoms with Crippen LogP contribution in [0, 0.1) is 13.8 Å². The Labute approximate surface area is 95.1 Å². The van der Waals surface area contributed by atoms with Gasteiger partial charge in [0.25, 0.3) is 0 Å². The molecular formula is C12H16N4. The first-order chi connectivity index (χ1) is 7.63. The fourth-order valence-corrected chi connectivity index (χ4v) is 1.93. The lowest BCUT2D eigenvalue weighted by atomic mass is 10.1. The molecule has 0 aliphatic rings. The summed E-state index contributed by atoms with van der Waals surface area (Å²) in [6.45, 7) is 7.03. The van der Waals surface area contributed by atoms with Gasteiger partial charge in [-0.1, -0.05) is 0 Å². The van der Waals surface area contributed by atoms with Crippen molar-refractivity contribution in [3.05, 3.63) is 29.7 Å². The van der Waals surface area contributed by atoms with E-state index < -0.39 is 0 Å². The van der Waals surface area contributed by atoms with Crippen LogP contribution in [-0.2, 0) is 6.54 Å². The van der Waals surface area contributed by atoms with Crippen LogP contribution in [0.5, 0.6) is 0 Å². The van der Waals surface area contributed by atoms with Gasteiger partial charge >= 0.3 is 0 Å². The second-order valence-electron chi connectivity index (χ2n) is 3.84. The molecule has 0 atom stereocenters. The van der Waals surface area contributed by atoms with E-state index in [-0.39, 0.29) is 0 Å². The van der Waals surface area contributed by atoms with Crippen LogP contribution in [0.25, 0.3) is 11.3 Å². The second-order valence-corrected chi connectivity index (χ2v) is 3.84. The maximum Gasteiger partial charge on any atom is 0.0740 e. The van der Waals surface area contributed by atoms with Crippen molar-refractivity contribution in [1.29, 1.82) is 0 Å². The van der Waals surface area contributed by atoms with Gasteiger partial charge in [-0.15, -0.1) is 0 Å². The fourth-order valence-electron chi connectivity index (χ4n) is 1.93. The third kappa shape index (κ3) is 1.66. The molecule has 0 saturated carbocycles. The molecule has 0 spiro atoms. The zero-order valence-corrected chi connectivity index (χ0v) is 9.86. The molecule has 2 heterocycles. The van der Waals surface area contributed by atoms with Crippen LogP contribution in [0.4, 0.5) is 5.69 Å². The zero-order chi connectivity index (χ0) is 11.7. The van der Waals surface area contributed by atoms with Crippen molar-refractivity contribution in [2.24, 2.45) is 0 Å². The quantitative estimate of drug-likeness (QED) is 0.837. The van der Waals surface area contributed by atoms with Gasteiger partial charge in [-0.05, 0) is 32.9 Å². The molecule has 0 aliphatic carbocycles. The van der Waals surface area contributed by atoms with E-state index in [0.717, 1.165) is 29.2 Å². The number of anilines is 1. The van der Waals surface area contributed by atoms with Crippen LogP contribution in [0.2, 0.25) is 0 Å². The molecule has 2 aromatic heterocycles. The zero-order valence-electron chi connectivity index (χ0n) is 9.86. The minimum Gasteiger partial charge on any atom is -0.397 e. The molecule has 0 aromatic carbocycles. The SMILES string of the molecule is CCn1nc(C)c(-c2ccc(N)cn2)c1C. The molecule has 2 aromatic rings. The first-order valence-electron chi connectivity index (χ1n) is 5.39. The van der Waals surface area contributed by atoms with Crippen LogP contribution in [0.15, 0.2) is 18.3 Å². The van der Waals surface area contributed by atoms with Gasteiger partial charge in [-0.2, -0.15) is 5.10 Å². The Hall–Kier alpha value is -1.84. The molecule has 0 aliphatic heterocycles. The Kier molecular flexibility index (Phi) is 2.64. The highest BCUT2D eigenvalue weighted by Crippen LogP contribution is 2.25. The van der Waals surface area contributed by atoms with Crippen molar-refractivity contribution >= 4 is 5.69 Å². The number of pyridine rings is 1. The third-order valence-corrected chi connectivity index (χ3v) is 2.72. The molecule has 4 nitrogen and oxygen atoms in total. The average molecular weight is 216 g/mol. The molecule has 0 saturated heterocycles. The van der Waals surface area contributed by atoms with E-state index >= 15 is 0 Å². The summed E-state index contributed by atoms with van der Waals surface area (Å²) in [6.07, 6.45) is 1.68. The summed E-state index contributed by atoms with van der Waals surface area (Å²) in [5.74, 6) is 0. The van der Waals surface area contributed by atoms with Crippen molar-refractivity contribution in [3.8, 4) is 11.3 Å². The van der Waals surface area contributed by atoms with E-state index in [2.05, 4.69) is 23.9 Å². The van der Waals surface area contributed by atoms with E-state index in [1.165, 1.54) is 0 Å². The lowest BCUT2D eigenvalue weighted by molar-refractivity contribution is 0.634. The molecular weight excluding hydrogens is 200 g/mol. The number of rotatable bonds is 2. The third-order valence-electron chi connectivity index (χ3n) is 2.72. The van der Waals surface area contributed by atoms with E-state index in [4.69, 9.17) is 5.73 Å². The minimum atomic E-state index is 0.682. The Morgan fingerprint density at radius 3 is 2.56 bits per heavy atom. The molecule has 0 radical (unpaired) electrons. The van der Waals surface area contributed by atoms with Gasteiger partial charge in [0.05, 0.1) is 23.3 Å². The molecule has 0 unspecified atom stereocenters. The number of nitrogens with two attached hydrogens (primary N) is 1. The minimum absolute atomic E-state index is 0.682. The summed E-state index contributed by atoms with van der Waals surface area (Å²) in [7, 11) is 0. The Morgan fingerprint density at radius 2 is 2.06 bits per heavy atom. The summed E-state index contributed by atoms with van der Waals surface area (Å²) < 4.78 is 1.99. The number of hydrogen-bond donors (Lipinski definition) is 1. The normalized spacial score (nSPS) is 10.7. The maximum atomic E-state index is 5.63. The highest BCUT2D eigenvalue weighted by atomic mass is 15.3. The van der Waals surface area contributed by atoms with Gasteiger partial charge < -0.3 is 5.73 Å². The van der Waals surface area contributed by atoms with Gasteiger partial charge in [-0.25, -0.2) is 0 Å². The first kappa shape index (κ1) is 10.7. The number of aryl methyl sites for hydroxylation is 2. The van der Waals surface area contributed by atoms with Crippen LogP contribution >= 0.6 is 0 Å². The number of aromatic nitrogens is 3. The van der Waals surface area contributed by atoms with Gasteiger partial charge in [0.15, 0.2) is 0 Å². The average Bonchev–Trinajstić information content (AvgIpc) is 2.56. The summed E-state index contributed by atoms with van der Waals surface area (Å²) in [5, 5.41) is 4.47. The van der Waals surface area contributed by atoms with E-state index in [1.54, 1.807) is 6.20 Å². The molecule has 4 heteroatoms. The highest BCUT2D eigenvalue weighted by Gasteiger charge is 2.13. The number of hydrogen-bond acceptors (Lipinski definition) is 3. The van der Waals surface area contributed by atoms with Crippen molar-refractivity contribution in [1.82, 2.24) is 14.8 Å². The molecule has 2 N–H and O–H groups in total. The van der Waals surface area contributed by atoms with Crippen molar-refractivity contribution in [3.63, 3.8) is 0 Å². The molecule has 2 rings (SSSR count). The topological polar surface area (TPSA) is 56.7 Å². The molecule has 0 bridgehead atoms. The summed E-state index contributed by atoms with van der Waals surface area (Å²) in [5.41, 5.74) is 10.5. The summed E-state index contributed by atoms with van der Waals surface area (Å²) in [4.78, 5) is 4.34. The van der Waals surface area contributed by atoms with Crippen molar-refractivity contribution in [2.45, 2.75) is 27.3 Å². The number of nitrogens with zero attached hydrogens (tertiary/aromatic N) is 3. The standard InChI is InChI=1S/C12H16N4/c1-4-16-9(3)12(8(2)15-16)11-6-5-10(13)7-14-11/h5-7H,4,13H2,1-3H3. The van der Waals surface area contributed by atoms with Gasteiger partial charge in [0.2, 0.25) is 0 Å². The molecule has 0 amide bonds. The van der Waals surface area contributed by atoms with E-state index in [9.17, 15) is 0 Å². The van der Waals surface area contributed by atoms with Crippen LogP contribution in [0.3, 0.4) is 0 Å². The van der Waals surface area contributed by atoms with Crippen molar-refractivity contribution < 1.29 is 0 Å². The lowest BCUT2D eigenvalue weighted by Gasteiger charge is -2.02. The predicted octanol–water partition coefficient (Wildman–Crippen LogP) is 2.16. The van der Waals surface area contributed by atoms with E-state index in [0.29, 0.717) is 5.69 Å². The monoisotopic (exact) mass is 216 g/mol. The molecule has 16 heavy (non-hydrogen) atoms. The predicted molar refractivity (Wildman–Crippen MR) is 65.0 cm³/mol. The Morgan fingerprint density at radius 1 is 1.31 bits per heavy atom. The first-order valence-corrected chi connectivity index (χ1v) is 5.39. The summed E-state index contributed by atoms with van der Waals surface area (Å²) >= 11 is 0. The largest absolute Gasteiger partial charge is 0.397 e. The van der Waals surface area contributed by atoms with Gasteiger partial charge in [0, 0.05) is 17.8 Å².